The van der Waals surface area contributed by atoms with Gasteiger partial charge in [0, 0.05) is 27.9 Å². The highest BCUT2D eigenvalue weighted by Gasteiger charge is 2.14. The Labute approximate surface area is 197 Å². The van der Waals surface area contributed by atoms with E-state index >= 15 is 0 Å². The highest BCUT2D eigenvalue weighted by Crippen LogP contribution is 2.23. The Morgan fingerprint density at radius 1 is 1.12 bits per heavy atom. The van der Waals surface area contributed by atoms with Crippen LogP contribution in [0.3, 0.4) is 0 Å². The average Bonchev–Trinajstić information content (AvgIpc) is 2.79. The quantitative estimate of drug-likeness (QED) is 0.152. The van der Waals surface area contributed by atoms with Crippen LogP contribution in [0.2, 0.25) is 0 Å². The van der Waals surface area contributed by atoms with Gasteiger partial charge in [-0.1, -0.05) is 28.1 Å². The molecule has 2 N–H and O–H groups in total. The molecular formula is C23H19BrN4O5. The maximum atomic E-state index is 12.4. The Morgan fingerprint density at radius 2 is 1.88 bits per heavy atom. The Morgan fingerprint density at radius 3 is 2.58 bits per heavy atom. The monoisotopic (exact) mass is 510 g/mol. The third kappa shape index (κ3) is 6.97. The van der Waals surface area contributed by atoms with Crippen LogP contribution in [0, 0.1) is 17.0 Å². The lowest BCUT2D eigenvalue weighted by Crippen LogP contribution is -2.25. The zero-order valence-corrected chi connectivity index (χ0v) is 19.0. The van der Waals surface area contributed by atoms with E-state index in [0.29, 0.717) is 10.0 Å². The number of amides is 1. The fraction of sp³-hybridized carbons (Fsp3) is 0.0870. The van der Waals surface area contributed by atoms with Gasteiger partial charge in [-0.2, -0.15) is 5.10 Å². The molecule has 0 fully saturated rings. The van der Waals surface area contributed by atoms with Gasteiger partial charge in [-0.15, -0.1) is 0 Å². The molecule has 0 bridgehead atoms. The maximum absolute atomic E-state index is 12.4. The summed E-state index contributed by atoms with van der Waals surface area (Å²) >= 11 is 3.34. The van der Waals surface area contributed by atoms with E-state index in [1.165, 1.54) is 30.5 Å². The fourth-order valence-corrected chi connectivity index (χ4v) is 3.12. The number of nitrogens with one attached hydrogen (secondary N) is 2. The number of anilines is 1. The highest BCUT2D eigenvalue weighted by atomic mass is 79.9. The minimum Gasteiger partial charge on any atom is -0.422 e. The molecule has 0 saturated heterocycles. The van der Waals surface area contributed by atoms with Gasteiger partial charge < -0.3 is 10.1 Å². The van der Waals surface area contributed by atoms with Crippen LogP contribution in [0.15, 0.2) is 76.3 Å². The van der Waals surface area contributed by atoms with Gasteiger partial charge in [-0.3, -0.25) is 14.9 Å². The molecule has 33 heavy (non-hydrogen) atoms. The Bertz CT molecular complexity index is 1210. The van der Waals surface area contributed by atoms with E-state index in [4.69, 9.17) is 4.74 Å². The lowest BCUT2D eigenvalue weighted by Gasteiger charge is -2.08. The third-order valence-corrected chi connectivity index (χ3v) is 4.85. The summed E-state index contributed by atoms with van der Waals surface area (Å²) in [6.45, 7) is 1.99. The second-order valence-electron chi connectivity index (χ2n) is 6.89. The van der Waals surface area contributed by atoms with Gasteiger partial charge in [0.25, 0.3) is 11.6 Å². The molecular weight excluding hydrogens is 492 g/mol. The summed E-state index contributed by atoms with van der Waals surface area (Å²) < 4.78 is 6.13. The van der Waals surface area contributed by atoms with Crippen LogP contribution in [0.4, 0.5) is 11.4 Å². The molecule has 0 saturated carbocycles. The lowest BCUT2D eigenvalue weighted by molar-refractivity contribution is -0.384. The fourth-order valence-electron chi connectivity index (χ4n) is 2.74. The second-order valence-corrected chi connectivity index (χ2v) is 7.81. The highest BCUT2D eigenvalue weighted by molar-refractivity contribution is 9.10. The third-order valence-electron chi connectivity index (χ3n) is 4.35. The van der Waals surface area contributed by atoms with Gasteiger partial charge >= 0.3 is 5.97 Å². The van der Waals surface area contributed by atoms with Gasteiger partial charge in [-0.05, 0) is 55.0 Å². The predicted octanol–water partition coefficient (Wildman–Crippen LogP) is 4.45. The Hall–Kier alpha value is -4.05. The summed E-state index contributed by atoms with van der Waals surface area (Å²) in [5.41, 5.74) is 4.77. The van der Waals surface area contributed by atoms with Crippen LogP contribution in [0.5, 0.6) is 5.75 Å². The van der Waals surface area contributed by atoms with E-state index in [1.54, 1.807) is 18.2 Å². The maximum Gasteiger partial charge on any atom is 0.343 e. The van der Waals surface area contributed by atoms with Gasteiger partial charge in [0.2, 0.25) is 0 Å². The van der Waals surface area contributed by atoms with Gasteiger partial charge in [0.15, 0.2) is 0 Å². The number of nitrogens with zero attached hydrogens (tertiary/aromatic N) is 2. The SMILES string of the molecule is Cc1cccc(NCC(=O)NN=Cc2cc(Br)ccc2OC(=O)c2ccc([N+](=O)[O-])cc2)c1. The van der Waals surface area contributed by atoms with Crippen LogP contribution in [-0.2, 0) is 4.79 Å². The number of non-ortho nitro benzene ring substituents is 1. The van der Waals surface area contributed by atoms with Crippen molar-refractivity contribution in [3.63, 3.8) is 0 Å². The first-order valence-corrected chi connectivity index (χ1v) is 10.5. The number of hydrogen-bond acceptors (Lipinski definition) is 7. The first-order chi connectivity index (χ1) is 15.8. The number of carbonyl (C=O) groups excluding carboxylic acids is 2. The number of nitro groups is 1. The molecule has 0 aliphatic heterocycles. The number of aryl methyl sites for hydroxylation is 1. The molecule has 0 aliphatic carbocycles. The molecule has 3 aromatic carbocycles. The van der Waals surface area contributed by atoms with E-state index in [9.17, 15) is 19.7 Å². The normalized spacial score (nSPS) is 10.6. The van der Waals surface area contributed by atoms with Crippen molar-refractivity contribution in [2.24, 2.45) is 5.10 Å². The summed E-state index contributed by atoms with van der Waals surface area (Å²) in [4.78, 5) is 34.7. The smallest absolute Gasteiger partial charge is 0.343 e. The minimum atomic E-state index is -0.687. The summed E-state index contributed by atoms with van der Waals surface area (Å²) in [5.74, 6) is -0.835. The Kier molecular flexibility index (Phi) is 7.87. The number of benzene rings is 3. The molecule has 9 nitrogen and oxygen atoms in total. The molecule has 0 heterocycles. The van der Waals surface area contributed by atoms with Crippen molar-refractivity contribution in [2.45, 2.75) is 6.92 Å². The topological polar surface area (TPSA) is 123 Å². The van der Waals surface area contributed by atoms with Gasteiger partial charge in [0.1, 0.15) is 5.75 Å². The first kappa shape index (κ1) is 23.6. The molecule has 3 rings (SSSR count). The molecule has 0 aliphatic rings. The van der Waals surface area contributed by atoms with Gasteiger partial charge in [0.05, 0.1) is 23.2 Å². The van der Waals surface area contributed by atoms with E-state index in [-0.39, 0.29) is 29.5 Å². The number of ether oxygens (including phenoxy) is 1. The minimum absolute atomic E-state index is 0.0290. The van der Waals surface area contributed by atoms with Crippen LogP contribution in [0.1, 0.15) is 21.5 Å². The van der Waals surface area contributed by atoms with Crippen LogP contribution in [-0.4, -0.2) is 29.6 Å². The molecule has 0 spiro atoms. The zero-order chi connectivity index (χ0) is 23.8. The molecule has 1 amide bonds. The molecule has 3 aromatic rings. The number of nitro benzene ring substituents is 1. The van der Waals surface area contributed by atoms with Crippen molar-refractivity contribution in [1.82, 2.24) is 5.43 Å². The number of halogens is 1. The van der Waals surface area contributed by atoms with Crippen molar-refractivity contribution in [3.8, 4) is 5.75 Å². The molecule has 0 unspecified atom stereocenters. The van der Waals surface area contributed by atoms with Crippen molar-refractivity contribution in [2.75, 3.05) is 11.9 Å². The predicted molar refractivity (Wildman–Crippen MR) is 128 cm³/mol. The summed E-state index contributed by atoms with van der Waals surface area (Å²) in [5, 5.41) is 17.7. The van der Waals surface area contributed by atoms with Crippen molar-refractivity contribution in [1.29, 1.82) is 0 Å². The van der Waals surface area contributed by atoms with E-state index in [2.05, 4.69) is 31.8 Å². The largest absolute Gasteiger partial charge is 0.422 e. The summed E-state index contributed by atoms with van der Waals surface area (Å²) in [7, 11) is 0. The lowest BCUT2D eigenvalue weighted by atomic mass is 10.2. The van der Waals surface area contributed by atoms with Crippen molar-refractivity contribution >= 4 is 45.4 Å². The average molecular weight is 511 g/mol. The summed E-state index contributed by atoms with van der Waals surface area (Å²) in [6.07, 6.45) is 1.35. The molecule has 10 heteroatoms. The van der Waals surface area contributed by atoms with Gasteiger partial charge in [-0.25, -0.2) is 10.2 Å². The number of esters is 1. The molecule has 0 atom stereocenters. The van der Waals surface area contributed by atoms with Crippen LogP contribution < -0.4 is 15.5 Å². The van der Waals surface area contributed by atoms with Crippen molar-refractivity contribution < 1.29 is 19.2 Å². The Balaban J connectivity index is 1.62. The first-order valence-electron chi connectivity index (χ1n) is 9.70. The number of hydrogen-bond donors (Lipinski definition) is 2. The summed E-state index contributed by atoms with van der Waals surface area (Å²) in [6, 6.07) is 17.6. The standard InChI is InChI=1S/C23H19BrN4O5/c1-15-3-2-4-19(11-15)25-14-22(29)27-26-13-17-12-18(24)7-10-21(17)33-23(30)16-5-8-20(9-6-16)28(31)32/h2-13,25H,14H2,1H3,(H,27,29). The van der Waals surface area contributed by atoms with E-state index in [0.717, 1.165) is 11.3 Å². The van der Waals surface area contributed by atoms with E-state index in [1.807, 2.05) is 31.2 Å². The molecule has 0 aromatic heterocycles. The molecule has 0 radical (unpaired) electrons. The molecule has 168 valence electrons. The van der Waals surface area contributed by atoms with Crippen molar-refractivity contribution in [3.05, 3.63) is 98.0 Å². The zero-order valence-electron chi connectivity index (χ0n) is 17.4. The van der Waals surface area contributed by atoms with Crippen LogP contribution in [0.25, 0.3) is 0 Å². The number of carbonyl (C=O) groups is 2. The van der Waals surface area contributed by atoms with Crippen LogP contribution >= 0.6 is 15.9 Å². The second kappa shape index (κ2) is 11.0. The van der Waals surface area contributed by atoms with E-state index < -0.39 is 10.9 Å². The number of hydrazone groups is 1. The number of rotatable bonds is 8.